The van der Waals surface area contributed by atoms with Crippen LogP contribution in [0.2, 0.25) is 0 Å². The van der Waals surface area contributed by atoms with E-state index < -0.39 is 0 Å². The fourth-order valence-electron chi connectivity index (χ4n) is 2.83. The van der Waals surface area contributed by atoms with Gasteiger partial charge >= 0.3 is 0 Å². The van der Waals surface area contributed by atoms with Crippen molar-refractivity contribution in [2.45, 2.75) is 6.42 Å². The average Bonchev–Trinajstić information content (AvgIpc) is 2.62. The van der Waals surface area contributed by atoms with Crippen molar-refractivity contribution in [3.05, 3.63) is 30.1 Å². The summed E-state index contributed by atoms with van der Waals surface area (Å²) in [7, 11) is 2.14. The zero-order chi connectivity index (χ0) is 16.1. The summed E-state index contributed by atoms with van der Waals surface area (Å²) in [4.78, 5) is 19.8. The molecule has 1 aromatic rings. The smallest absolute Gasteiger partial charge is 0.225 e. The summed E-state index contributed by atoms with van der Waals surface area (Å²) in [5.74, 6) is 1.44. The molecule has 0 spiro atoms. The molecule has 124 valence electrons. The molecule has 3 rings (SSSR count). The fourth-order valence-corrected chi connectivity index (χ4v) is 2.83. The summed E-state index contributed by atoms with van der Waals surface area (Å²) >= 11 is 0. The normalized spacial score (nSPS) is 20.6. The molecule has 1 fully saturated rings. The lowest BCUT2D eigenvalue weighted by atomic mass is 10.1. The van der Waals surface area contributed by atoms with E-state index >= 15 is 0 Å². The number of guanidine groups is 1. The highest BCUT2D eigenvalue weighted by Crippen LogP contribution is 2.11. The Morgan fingerprint density at radius 2 is 1.91 bits per heavy atom. The van der Waals surface area contributed by atoms with Crippen molar-refractivity contribution in [3.8, 4) is 0 Å². The van der Waals surface area contributed by atoms with Gasteiger partial charge in [-0.25, -0.2) is 15.0 Å². The van der Waals surface area contributed by atoms with Crippen LogP contribution in [0.15, 0.2) is 35.1 Å². The van der Waals surface area contributed by atoms with Crippen molar-refractivity contribution in [1.29, 1.82) is 0 Å². The summed E-state index contributed by atoms with van der Waals surface area (Å²) in [6.07, 6.45) is 6.91. The van der Waals surface area contributed by atoms with Crippen molar-refractivity contribution in [3.63, 3.8) is 0 Å². The minimum absolute atomic E-state index is 0.651. The maximum Gasteiger partial charge on any atom is 0.225 e. The first-order valence-electron chi connectivity index (χ1n) is 8.15. The molecule has 0 unspecified atom stereocenters. The molecule has 0 atom stereocenters. The highest BCUT2D eigenvalue weighted by Gasteiger charge is 2.20. The molecule has 2 aliphatic heterocycles. The van der Waals surface area contributed by atoms with Crippen LogP contribution in [0.4, 0.5) is 5.95 Å². The van der Waals surface area contributed by atoms with Gasteiger partial charge in [-0.1, -0.05) is 11.6 Å². The second kappa shape index (κ2) is 7.41. The van der Waals surface area contributed by atoms with Crippen LogP contribution in [0, 0.1) is 0 Å². The van der Waals surface area contributed by atoms with Gasteiger partial charge in [0.25, 0.3) is 0 Å². The van der Waals surface area contributed by atoms with Gasteiger partial charge in [-0.3, -0.25) is 0 Å². The van der Waals surface area contributed by atoms with E-state index in [1.54, 1.807) is 12.4 Å². The fraction of sp³-hybridized carbons (Fsp3) is 0.562. The third-order valence-corrected chi connectivity index (χ3v) is 4.39. The topological polar surface area (TPSA) is 73.9 Å². The Morgan fingerprint density at radius 1 is 1.17 bits per heavy atom. The number of anilines is 1. The van der Waals surface area contributed by atoms with Gasteiger partial charge in [-0.05, 0) is 19.5 Å². The Hall–Kier alpha value is -2.15. The maximum absolute atomic E-state index is 6.17. The molecular formula is C16H25N7. The summed E-state index contributed by atoms with van der Waals surface area (Å²) in [5.41, 5.74) is 7.56. The lowest BCUT2D eigenvalue weighted by Gasteiger charge is -2.35. The van der Waals surface area contributed by atoms with Gasteiger partial charge < -0.3 is 20.4 Å². The molecule has 3 heterocycles. The van der Waals surface area contributed by atoms with Crippen molar-refractivity contribution < 1.29 is 0 Å². The molecule has 0 saturated carbocycles. The molecule has 0 bridgehead atoms. The Bertz CT molecular complexity index is 561. The number of aromatic nitrogens is 2. The second-order valence-corrected chi connectivity index (χ2v) is 6.07. The van der Waals surface area contributed by atoms with Crippen LogP contribution in [0.5, 0.6) is 0 Å². The largest absolute Gasteiger partial charge is 0.370 e. The van der Waals surface area contributed by atoms with Crippen LogP contribution in [0.25, 0.3) is 0 Å². The van der Waals surface area contributed by atoms with Crippen LogP contribution < -0.4 is 10.6 Å². The van der Waals surface area contributed by atoms with E-state index in [-0.39, 0.29) is 0 Å². The van der Waals surface area contributed by atoms with Gasteiger partial charge in [0.1, 0.15) is 0 Å². The Balaban J connectivity index is 1.50. The standard InChI is InChI=1S/C16H25N7/c1-21-7-3-14(4-8-21)13-20-15(17)22-9-11-23(12-10-22)16-18-5-2-6-19-16/h2-3,5-6H,4,7-13H2,1H3,(H2,17,20). The third-order valence-electron chi connectivity index (χ3n) is 4.39. The molecule has 0 amide bonds. The highest BCUT2D eigenvalue weighted by atomic mass is 15.3. The zero-order valence-electron chi connectivity index (χ0n) is 13.7. The SMILES string of the molecule is CN1CC=C(CN=C(N)N2CCN(c3ncccn3)CC2)CC1. The van der Waals surface area contributed by atoms with Gasteiger partial charge in [0.2, 0.25) is 5.95 Å². The van der Waals surface area contributed by atoms with Crippen LogP contribution in [0.3, 0.4) is 0 Å². The van der Waals surface area contributed by atoms with Crippen molar-refractivity contribution in [2.24, 2.45) is 10.7 Å². The van der Waals surface area contributed by atoms with Gasteiger partial charge in [-0.2, -0.15) is 0 Å². The van der Waals surface area contributed by atoms with E-state index in [9.17, 15) is 0 Å². The number of nitrogens with zero attached hydrogens (tertiary/aromatic N) is 6. The molecule has 1 saturated heterocycles. The number of hydrogen-bond acceptors (Lipinski definition) is 5. The summed E-state index contributed by atoms with van der Waals surface area (Å²) < 4.78 is 0. The first-order chi connectivity index (χ1) is 11.2. The third kappa shape index (κ3) is 4.19. The molecule has 2 N–H and O–H groups in total. The van der Waals surface area contributed by atoms with E-state index in [2.05, 4.69) is 42.8 Å². The molecule has 1 aromatic heterocycles. The monoisotopic (exact) mass is 315 g/mol. The molecule has 0 aromatic carbocycles. The summed E-state index contributed by atoms with van der Waals surface area (Å²) in [5, 5.41) is 0. The number of hydrogen-bond donors (Lipinski definition) is 1. The molecule has 7 nitrogen and oxygen atoms in total. The van der Waals surface area contributed by atoms with E-state index in [0.717, 1.165) is 58.2 Å². The maximum atomic E-state index is 6.17. The Morgan fingerprint density at radius 3 is 2.57 bits per heavy atom. The second-order valence-electron chi connectivity index (χ2n) is 6.07. The van der Waals surface area contributed by atoms with Crippen LogP contribution in [-0.2, 0) is 0 Å². The zero-order valence-corrected chi connectivity index (χ0v) is 13.7. The predicted molar refractivity (Wildman–Crippen MR) is 92.5 cm³/mol. The first kappa shape index (κ1) is 15.7. The lowest BCUT2D eigenvalue weighted by molar-refractivity contribution is 0.357. The number of likely N-dealkylation sites (N-methyl/N-ethyl adjacent to an activating group) is 1. The van der Waals surface area contributed by atoms with Crippen LogP contribution in [0.1, 0.15) is 6.42 Å². The summed E-state index contributed by atoms with van der Waals surface area (Å²) in [6.45, 7) is 6.30. The number of rotatable bonds is 3. The first-order valence-corrected chi connectivity index (χ1v) is 8.15. The van der Waals surface area contributed by atoms with Gasteiger partial charge in [0.05, 0.1) is 6.54 Å². The van der Waals surface area contributed by atoms with E-state index in [1.807, 2.05) is 6.07 Å². The summed E-state index contributed by atoms with van der Waals surface area (Å²) in [6, 6.07) is 1.84. The van der Waals surface area contributed by atoms with Gasteiger partial charge in [0.15, 0.2) is 5.96 Å². The van der Waals surface area contributed by atoms with Crippen molar-refractivity contribution >= 4 is 11.9 Å². The van der Waals surface area contributed by atoms with Gasteiger partial charge in [0, 0.05) is 51.7 Å². The number of nitrogens with two attached hydrogens (primary N) is 1. The molecule has 0 aliphatic carbocycles. The van der Waals surface area contributed by atoms with Crippen LogP contribution in [-0.4, -0.2) is 78.6 Å². The van der Waals surface area contributed by atoms with Crippen LogP contribution >= 0.6 is 0 Å². The molecular weight excluding hydrogens is 290 g/mol. The number of piperazine rings is 1. The van der Waals surface area contributed by atoms with E-state index in [4.69, 9.17) is 5.73 Å². The van der Waals surface area contributed by atoms with Crippen molar-refractivity contribution in [2.75, 3.05) is 57.8 Å². The molecule has 2 aliphatic rings. The van der Waals surface area contributed by atoms with E-state index in [0.29, 0.717) is 5.96 Å². The van der Waals surface area contributed by atoms with Gasteiger partial charge in [-0.15, -0.1) is 0 Å². The lowest BCUT2D eigenvalue weighted by Crippen LogP contribution is -2.51. The molecule has 23 heavy (non-hydrogen) atoms. The Labute approximate surface area is 137 Å². The van der Waals surface area contributed by atoms with E-state index in [1.165, 1.54) is 5.57 Å². The molecule has 7 heteroatoms. The molecule has 0 radical (unpaired) electrons. The highest BCUT2D eigenvalue weighted by molar-refractivity contribution is 5.78. The predicted octanol–water partition coefficient (Wildman–Crippen LogP) is 0.175. The minimum atomic E-state index is 0.651. The number of aliphatic imine (C=N–C) groups is 1. The van der Waals surface area contributed by atoms with Crippen molar-refractivity contribution in [1.82, 2.24) is 19.8 Å². The quantitative estimate of drug-likeness (QED) is 0.487. The average molecular weight is 315 g/mol. The Kier molecular flexibility index (Phi) is 5.07. The minimum Gasteiger partial charge on any atom is -0.370 e.